The van der Waals surface area contributed by atoms with E-state index in [1.807, 2.05) is 85.6 Å². The molecule has 0 saturated heterocycles. The number of likely N-dealkylation sites (N-methyl/N-ethyl adjacent to an activating group) is 1. The first-order valence-electron chi connectivity index (χ1n) is 9.56. The molecular weight excluding hydrogens is 338 g/mol. The lowest BCUT2D eigenvalue weighted by Gasteiger charge is -2.23. The molecule has 5 heteroatoms. The van der Waals surface area contributed by atoms with Crippen LogP contribution in [0.15, 0.2) is 54.6 Å². The van der Waals surface area contributed by atoms with E-state index in [2.05, 4.69) is 5.32 Å². The van der Waals surface area contributed by atoms with Crippen molar-refractivity contribution in [2.75, 3.05) is 25.0 Å². The number of quaternary nitrogens is 1. The first-order chi connectivity index (χ1) is 13.0. The molecule has 5 nitrogen and oxygen atoms in total. The van der Waals surface area contributed by atoms with E-state index in [4.69, 9.17) is 0 Å². The molecule has 1 atom stereocenters. The number of rotatable bonds is 9. The molecular formula is C22H30N3O2+. The quantitative estimate of drug-likeness (QED) is 0.711. The molecule has 0 radical (unpaired) electrons. The van der Waals surface area contributed by atoms with Crippen molar-refractivity contribution in [1.29, 1.82) is 0 Å². The molecule has 0 aliphatic heterocycles. The third-order valence-corrected chi connectivity index (χ3v) is 4.61. The molecule has 2 aromatic carbocycles. The minimum absolute atomic E-state index is 0.0759. The smallest absolute Gasteiger partial charge is 0.281 e. The summed E-state index contributed by atoms with van der Waals surface area (Å²) in [4.78, 5) is 27.0. The largest absolute Gasteiger partial charge is 0.338 e. The minimum atomic E-state index is -0.309. The van der Waals surface area contributed by atoms with Gasteiger partial charge in [-0.25, -0.2) is 0 Å². The summed E-state index contributed by atoms with van der Waals surface area (Å²) in [5.74, 6) is -0.0312. The van der Waals surface area contributed by atoms with Crippen molar-refractivity contribution >= 4 is 17.5 Å². The molecule has 0 heterocycles. The molecule has 2 rings (SSSR count). The Labute approximate surface area is 161 Å². The number of carbonyl (C=O) groups is 2. The number of hydrogen-bond donors (Lipinski definition) is 2. The number of amides is 2. The van der Waals surface area contributed by atoms with Gasteiger partial charge < -0.3 is 15.5 Å². The van der Waals surface area contributed by atoms with Crippen molar-refractivity contribution in [2.24, 2.45) is 0 Å². The van der Waals surface area contributed by atoms with E-state index in [9.17, 15) is 9.59 Å². The molecule has 0 spiro atoms. The second-order valence-electron chi connectivity index (χ2n) is 6.66. The van der Waals surface area contributed by atoms with Gasteiger partial charge in [0.15, 0.2) is 12.6 Å². The Morgan fingerprint density at radius 2 is 1.63 bits per heavy atom. The number of nitrogens with two attached hydrogens (primary N) is 1. The Bertz CT molecular complexity index is 725. The summed E-state index contributed by atoms with van der Waals surface area (Å²) in [5, 5.41) is 4.73. The second kappa shape index (κ2) is 10.5. The topological polar surface area (TPSA) is 66.0 Å². The third-order valence-electron chi connectivity index (χ3n) is 4.61. The SMILES string of the molecule is CCN(CC)C(=O)[C@@H](Cc1ccccc1)[NH2+]CC(=O)Nc1ccc(C)cc1. The van der Waals surface area contributed by atoms with Crippen LogP contribution in [0.3, 0.4) is 0 Å². The zero-order valence-corrected chi connectivity index (χ0v) is 16.4. The van der Waals surface area contributed by atoms with Crippen LogP contribution in [0, 0.1) is 6.92 Å². The second-order valence-corrected chi connectivity index (χ2v) is 6.66. The van der Waals surface area contributed by atoms with Crippen LogP contribution < -0.4 is 10.6 Å². The van der Waals surface area contributed by atoms with Crippen LogP contribution in [0.5, 0.6) is 0 Å². The van der Waals surface area contributed by atoms with Crippen molar-refractivity contribution in [3.63, 3.8) is 0 Å². The Morgan fingerprint density at radius 3 is 2.22 bits per heavy atom. The highest BCUT2D eigenvalue weighted by molar-refractivity contribution is 5.91. The zero-order chi connectivity index (χ0) is 19.6. The van der Waals surface area contributed by atoms with Crippen LogP contribution in [-0.2, 0) is 16.0 Å². The first kappa shape index (κ1) is 20.6. The molecule has 0 aliphatic carbocycles. The van der Waals surface area contributed by atoms with Crippen molar-refractivity contribution in [3.8, 4) is 0 Å². The Balaban J connectivity index is 2.00. The predicted molar refractivity (Wildman–Crippen MR) is 108 cm³/mol. The molecule has 0 aromatic heterocycles. The van der Waals surface area contributed by atoms with Gasteiger partial charge in [0, 0.05) is 25.2 Å². The van der Waals surface area contributed by atoms with Crippen molar-refractivity contribution in [1.82, 2.24) is 4.90 Å². The molecule has 2 amide bonds. The van der Waals surface area contributed by atoms with Gasteiger partial charge in [0.1, 0.15) is 0 Å². The number of hydrogen-bond acceptors (Lipinski definition) is 2. The highest BCUT2D eigenvalue weighted by atomic mass is 16.2. The lowest BCUT2D eigenvalue weighted by molar-refractivity contribution is -0.666. The van der Waals surface area contributed by atoms with E-state index in [1.54, 1.807) is 0 Å². The number of anilines is 1. The van der Waals surface area contributed by atoms with Crippen LogP contribution in [-0.4, -0.2) is 42.4 Å². The molecule has 3 N–H and O–H groups in total. The maximum absolute atomic E-state index is 12.9. The standard InChI is InChI=1S/C22H29N3O2/c1-4-25(5-2)22(27)20(15-18-9-7-6-8-10-18)23-16-21(26)24-19-13-11-17(3)12-14-19/h6-14,20,23H,4-5,15-16H2,1-3H3,(H,24,26)/p+1/t20-/m1/s1. The molecule has 0 aliphatic rings. The highest BCUT2D eigenvalue weighted by Gasteiger charge is 2.27. The number of nitrogens with one attached hydrogen (secondary N) is 1. The summed E-state index contributed by atoms with van der Waals surface area (Å²) in [7, 11) is 0. The monoisotopic (exact) mass is 368 g/mol. The molecule has 0 fully saturated rings. The van der Waals surface area contributed by atoms with Gasteiger partial charge in [-0.05, 0) is 38.5 Å². The van der Waals surface area contributed by atoms with Gasteiger partial charge in [-0.3, -0.25) is 9.59 Å². The fourth-order valence-electron chi connectivity index (χ4n) is 3.01. The maximum Gasteiger partial charge on any atom is 0.281 e. The highest BCUT2D eigenvalue weighted by Crippen LogP contribution is 2.08. The van der Waals surface area contributed by atoms with Crippen molar-refractivity contribution in [3.05, 3.63) is 65.7 Å². The van der Waals surface area contributed by atoms with Gasteiger partial charge in [0.05, 0.1) is 0 Å². The summed E-state index contributed by atoms with van der Waals surface area (Å²) in [5.41, 5.74) is 3.01. The van der Waals surface area contributed by atoms with Crippen LogP contribution in [0.2, 0.25) is 0 Å². The van der Waals surface area contributed by atoms with Crippen LogP contribution in [0.1, 0.15) is 25.0 Å². The van der Waals surface area contributed by atoms with E-state index in [-0.39, 0.29) is 24.4 Å². The van der Waals surface area contributed by atoms with E-state index in [1.165, 1.54) is 0 Å². The Morgan fingerprint density at radius 1 is 1.00 bits per heavy atom. The van der Waals surface area contributed by atoms with Gasteiger partial charge in [0.25, 0.3) is 11.8 Å². The van der Waals surface area contributed by atoms with E-state index >= 15 is 0 Å². The number of benzene rings is 2. The molecule has 0 saturated carbocycles. The number of aryl methyl sites for hydroxylation is 1. The van der Waals surface area contributed by atoms with E-state index in [0.29, 0.717) is 19.5 Å². The van der Waals surface area contributed by atoms with Gasteiger partial charge in [-0.1, -0.05) is 48.0 Å². The van der Waals surface area contributed by atoms with Gasteiger partial charge in [-0.2, -0.15) is 0 Å². The summed E-state index contributed by atoms with van der Waals surface area (Å²) >= 11 is 0. The fraction of sp³-hybridized carbons (Fsp3) is 0.364. The number of nitrogens with zero attached hydrogens (tertiary/aromatic N) is 1. The summed E-state index contributed by atoms with van der Waals surface area (Å²) < 4.78 is 0. The molecule has 27 heavy (non-hydrogen) atoms. The molecule has 144 valence electrons. The van der Waals surface area contributed by atoms with Crippen molar-refractivity contribution < 1.29 is 14.9 Å². The Kier molecular flexibility index (Phi) is 8.01. The van der Waals surface area contributed by atoms with Crippen LogP contribution >= 0.6 is 0 Å². The summed E-state index contributed by atoms with van der Waals surface area (Å²) in [6.45, 7) is 7.51. The summed E-state index contributed by atoms with van der Waals surface area (Å²) in [6, 6.07) is 17.3. The minimum Gasteiger partial charge on any atom is -0.338 e. The van der Waals surface area contributed by atoms with Gasteiger partial charge in [-0.15, -0.1) is 0 Å². The molecule has 2 aromatic rings. The maximum atomic E-state index is 12.9. The fourth-order valence-corrected chi connectivity index (χ4v) is 3.01. The third kappa shape index (κ3) is 6.53. The lowest BCUT2D eigenvalue weighted by atomic mass is 10.0. The first-order valence-corrected chi connectivity index (χ1v) is 9.56. The normalized spacial score (nSPS) is 11.7. The number of carbonyl (C=O) groups excluding carboxylic acids is 2. The molecule has 0 bridgehead atoms. The lowest BCUT2D eigenvalue weighted by Crippen LogP contribution is -2.94. The van der Waals surface area contributed by atoms with Crippen LogP contribution in [0.4, 0.5) is 5.69 Å². The van der Waals surface area contributed by atoms with Crippen molar-refractivity contribution in [2.45, 2.75) is 33.2 Å². The van der Waals surface area contributed by atoms with E-state index in [0.717, 1.165) is 16.8 Å². The average molecular weight is 369 g/mol. The van der Waals surface area contributed by atoms with E-state index < -0.39 is 0 Å². The van der Waals surface area contributed by atoms with Gasteiger partial charge in [0.2, 0.25) is 0 Å². The van der Waals surface area contributed by atoms with Gasteiger partial charge >= 0.3 is 0 Å². The summed E-state index contributed by atoms with van der Waals surface area (Å²) in [6.07, 6.45) is 0.605. The zero-order valence-electron chi connectivity index (χ0n) is 16.4. The Hall–Kier alpha value is -2.66. The van der Waals surface area contributed by atoms with Crippen LogP contribution in [0.25, 0.3) is 0 Å². The molecule has 0 unspecified atom stereocenters. The average Bonchev–Trinajstić information content (AvgIpc) is 2.68. The predicted octanol–water partition coefficient (Wildman–Crippen LogP) is 1.98.